The zero-order chi connectivity index (χ0) is 10.8. The molecule has 1 heterocycles. The molecule has 82 valence electrons. The molecule has 1 atom stereocenters. The van der Waals surface area contributed by atoms with Gasteiger partial charge in [-0.15, -0.1) is 0 Å². The van der Waals surface area contributed by atoms with E-state index in [0.717, 1.165) is 17.4 Å². The van der Waals surface area contributed by atoms with Gasteiger partial charge in [0.2, 0.25) is 0 Å². The van der Waals surface area contributed by atoms with Crippen molar-refractivity contribution in [2.24, 2.45) is 5.92 Å². The van der Waals surface area contributed by atoms with Crippen LogP contribution in [0, 0.1) is 5.92 Å². The molecule has 1 fully saturated rings. The van der Waals surface area contributed by atoms with Crippen LogP contribution in [-0.2, 0) is 0 Å². The van der Waals surface area contributed by atoms with Crippen LogP contribution in [0.1, 0.15) is 45.2 Å². The van der Waals surface area contributed by atoms with Crippen LogP contribution in [0.4, 0.5) is 5.82 Å². The Balaban J connectivity index is 2.03. The number of nitrogens with zero attached hydrogens (tertiary/aromatic N) is 2. The summed E-state index contributed by atoms with van der Waals surface area (Å²) >= 11 is 0. The number of aromatic nitrogens is 2. The second-order valence-electron chi connectivity index (χ2n) is 4.75. The Labute approximate surface area is 91.3 Å². The van der Waals surface area contributed by atoms with Crippen molar-refractivity contribution < 1.29 is 0 Å². The number of rotatable bonds is 4. The van der Waals surface area contributed by atoms with Crippen LogP contribution in [0.25, 0.3) is 0 Å². The smallest absolute Gasteiger partial charge is 0.129 e. The highest BCUT2D eigenvalue weighted by Gasteiger charge is 2.27. The van der Waals surface area contributed by atoms with Gasteiger partial charge >= 0.3 is 0 Å². The van der Waals surface area contributed by atoms with Gasteiger partial charge in [0.15, 0.2) is 0 Å². The van der Waals surface area contributed by atoms with Crippen LogP contribution in [0.3, 0.4) is 0 Å². The fourth-order valence-electron chi connectivity index (χ4n) is 1.71. The Bertz CT molecular complexity index is 331. The van der Waals surface area contributed by atoms with E-state index < -0.39 is 0 Å². The maximum absolute atomic E-state index is 4.26. The third kappa shape index (κ3) is 2.67. The Hall–Kier alpha value is -1.12. The number of anilines is 1. The third-order valence-corrected chi connectivity index (χ3v) is 2.98. The predicted molar refractivity (Wildman–Crippen MR) is 61.9 cm³/mol. The van der Waals surface area contributed by atoms with Crippen LogP contribution in [-0.4, -0.2) is 16.0 Å². The SMILES string of the molecule is CC(C)c1cc(NC(C)C2CC2)ncn1. The van der Waals surface area contributed by atoms with Gasteiger partial charge in [0.05, 0.1) is 0 Å². The average molecular weight is 205 g/mol. The Morgan fingerprint density at radius 2 is 2.00 bits per heavy atom. The molecule has 1 aromatic rings. The molecule has 0 saturated heterocycles. The lowest BCUT2D eigenvalue weighted by Gasteiger charge is -2.14. The molecule has 2 rings (SSSR count). The van der Waals surface area contributed by atoms with E-state index >= 15 is 0 Å². The molecule has 3 nitrogen and oxygen atoms in total. The fraction of sp³-hybridized carbons (Fsp3) is 0.667. The lowest BCUT2D eigenvalue weighted by Crippen LogP contribution is -2.18. The highest BCUT2D eigenvalue weighted by molar-refractivity contribution is 5.37. The van der Waals surface area contributed by atoms with Crippen molar-refractivity contribution in [3.05, 3.63) is 18.1 Å². The van der Waals surface area contributed by atoms with Gasteiger partial charge < -0.3 is 5.32 Å². The van der Waals surface area contributed by atoms with Gasteiger partial charge in [0.25, 0.3) is 0 Å². The van der Waals surface area contributed by atoms with Crippen molar-refractivity contribution in [2.45, 2.75) is 45.6 Å². The molecule has 1 aromatic heterocycles. The Kier molecular flexibility index (Phi) is 2.89. The summed E-state index contributed by atoms with van der Waals surface area (Å²) in [5.41, 5.74) is 1.11. The van der Waals surface area contributed by atoms with E-state index in [2.05, 4.69) is 42.1 Å². The predicted octanol–water partition coefficient (Wildman–Crippen LogP) is 2.81. The van der Waals surface area contributed by atoms with Crippen LogP contribution in [0.5, 0.6) is 0 Å². The summed E-state index contributed by atoms with van der Waals surface area (Å²) in [6.45, 7) is 6.53. The minimum Gasteiger partial charge on any atom is -0.367 e. The molecule has 0 aromatic carbocycles. The van der Waals surface area contributed by atoms with E-state index in [-0.39, 0.29) is 0 Å². The quantitative estimate of drug-likeness (QED) is 0.821. The normalized spacial score (nSPS) is 17.9. The minimum absolute atomic E-state index is 0.463. The summed E-state index contributed by atoms with van der Waals surface area (Å²) in [7, 11) is 0. The van der Waals surface area contributed by atoms with E-state index in [1.807, 2.05) is 0 Å². The second-order valence-corrected chi connectivity index (χ2v) is 4.75. The summed E-state index contributed by atoms with van der Waals surface area (Å²) in [5.74, 6) is 2.28. The first kappa shape index (κ1) is 10.4. The standard InChI is InChI=1S/C12H19N3/c1-8(2)11-6-12(14-7-13-11)15-9(3)10-4-5-10/h6-10H,4-5H2,1-3H3,(H,13,14,15). The molecule has 1 saturated carbocycles. The van der Waals surface area contributed by atoms with Crippen LogP contribution in [0.15, 0.2) is 12.4 Å². The van der Waals surface area contributed by atoms with Crippen LogP contribution >= 0.6 is 0 Å². The molecule has 1 unspecified atom stereocenters. The summed E-state index contributed by atoms with van der Waals surface area (Å²) in [6.07, 6.45) is 4.36. The zero-order valence-electron chi connectivity index (χ0n) is 9.70. The van der Waals surface area contributed by atoms with Gasteiger partial charge in [0, 0.05) is 17.8 Å². The first-order valence-electron chi connectivity index (χ1n) is 5.75. The zero-order valence-corrected chi connectivity index (χ0v) is 9.70. The number of nitrogens with one attached hydrogen (secondary N) is 1. The summed E-state index contributed by atoms with van der Waals surface area (Å²) in [4.78, 5) is 8.51. The summed E-state index contributed by atoms with van der Waals surface area (Å²) in [6, 6.07) is 2.60. The molecule has 0 amide bonds. The first-order chi connectivity index (χ1) is 7.16. The van der Waals surface area contributed by atoms with Gasteiger partial charge in [-0.25, -0.2) is 9.97 Å². The summed E-state index contributed by atoms with van der Waals surface area (Å²) < 4.78 is 0. The second kappa shape index (κ2) is 4.17. The molecule has 1 N–H and O–H groups in total. The molecular weight excluding hydrogens is 186 g/mol. The Morgan fingerprint density at radius 3 is 2.60 bits per heavy atom. The molecule has 0 bridgehead atoms. The third-order valence-electron chi connectivity index (χ3n) is 2.98. The maximum Gasteiger partial charge on any atom is 0.129 e. The van der Waals surface area contributed by atoms with E-state index in [4.69, 9.17) is 0 Å². The van der Waals surface area contributed by atoms with E-state index in [1.54, 1.807) is 6.33 Å². The Morgan fingerprint density at radius 1 is 1.27 bits per heavy atom. The molecule has 3 heteroatoms. The number of hydrogen-bond acceptors (Lipinski definition) is 3. The van der Waals surface area contributed by atoms with Gasteiger partial charge in [-0.1, -0.05) is 13.8 Å². The topological polar surface area (TPSA) is 37.8 Å². The van der Waals surface area contributed by atoms with Gasteiger partial charge in [-0.05, 0) is 31.6 Å². The van der Waals surface area contributed by atoms with Crippen molar-refractivity contribution in [1.29, 1.82) is 0 Å². The molecule has 1 aliphatic rings. The maximum atomic E-state index is 4.26. The van der Waals surface area contributed by atoms with Crippen molar-refractivity contribution in [2.75, 3.05) is 5.32 Å². The van der Waals surface area contributed by atoms with E-state index in [9.17, 15) is 0 Å². The van der Waals surface area contributed by atoms with Crippen molar-refractivity contribution in [1.82, 2.24) is 9.97 Å². The van der Waals surface area contributed by atoms with Crippen molar-refractivity contribution in [3.63, 3.8) is 0 Å². The first-order valence-corrected chi connectivity index (χ1v) is 5.75. The number of hydrogen-bond donors (Lipinski definition) is 1. The van der Waals surface area contributed by atoms with Gasteiger partial charge in [0.1, 0.15) is 12.1 Å². The van der Waals surface area contributed by atoms with Crippen LogP contribution in [0.2, 0.25) is 0 Å². The van der Waals surface area contributed by atoms with E-state index in [0.29, 0.717) is 12.0 Å². The van der Waals surface area contributed by atoms with Gasteiger partial charge in [-0.2, -0.15) is 0 Å². The lowest BCUT2D eigenvalue weighted by molar-refractivity contribution is 0.688. The molecular formula is C12H19N3. The average Bonchev–Trinajstić information content (AvgIpc) is 3.01. The van der Waals surface area contributed by atoms with E-state index in [1.165, 1.54) is 12.8 Å². The molecule has 1 aliphatic carbocycles. The highest BCUT2D eigenvalue weighted by atomic mass is 15.0. The highest BCUT2D eigenvalue weighted by Crippen LogP contribution is 2.33. The molecule has 15 heavy (non-hydrogen) atoms. The molecule has 0 radical (unpaired) electrons. The van der Waals surface area contributed by atoms with Gasteiger partial charge in [-0.3, -0.25) is 0 Å². The summed E-state index contributed by atoms with van der Waals surface area (Å²) in [5, 5.41) is 3.45. The monoisotopic (exact) mass is 205 g/mol. The molecule has 0 aliphatic heterocycles. The minimum atomic E-state index is 0.463. The van der Waals surface area contributed by atoms with Crippen LogP contribution < -0.4 is 5.32 Å². The largest absolute Gasteiger partial charge is 0.367 e. The lowest BCUT2D eigenvalue weighted by atomic mass is 10.1. The molecule has 0 spiro atoms. The van der Waals surface area contributed by atoms with Crippen molar-refractivity contribution in [3.8, 4) is 0 Å². The van der Waals surface area contributed by atoms with Crippen molar-refractivity contribution >= 4 is 5.82 Å². The fourth-order valence-corrected chi connectivity index (χ4v) is 1.71.